The molecule has 2 saturated heterocycles. The molecule has 2 nitrogen and oxygen atoms in total. The van der Waals surface area contributed by atoms with Crippen molar-refractivity contribution >= 4 is 5.78 Å². The van der Waals surface area contributed by atoms with Crippen molar-refractivity contribution < 1.29 is 4.79 Å². The van der Waals surface area contributed by atoms with Gasteiger partial charge in [-0.3, -0.25) is 9.69 Å². The average Bonchev–Trinajstić information content (AvgIpc) is 2.58. The number of hydrogen-bond acceptors (Lipinski definition) is 2. The van der Waals surface area contributed by atoms with Gasteiger partial charge in [0.05, 0.1) is 6.04 Å². The normalized spacial score (nSPS) is 34.6. The molecule has 0 spiro atoms. The number of hydrogen-bond donors (Lipinski definition) is 0. The Morgan fingerprint density at radius 2 is 2.38 bits per heavy atom. The van der Waals surface area contributed by atoms with Gasteiger partial charge in [0, 0.05) is 12.5 Å². The molecule has 0 aromatic rings. The first-order chi connectivity index (χ1) is 6.33. The molecule has 0 saturated carbocycles. The van der Waals surface area contributed by atoms with E-state index in [1.54, 1.807) is 0 Å². The van der Waals surface area contributed by atoms with Crippen molar-refractivity contribution in [1.29, 1.82) is 0 Å². The van der Waals surface area contributed by atoms with Gasteiger partial charge in [-0.05, 0) is 32.2 Å². The molecule has 0 radical (unpaired) electrons. The topological polar surface area (TPSA) is 20.3 Å². The standard InChI is InChI=1S/C11H17NO/c1-2-4-10-11(13)7-6-9-5-3-8-12(9)10/h2,9-10H,1,3-8H2/t9-,10+/m0/s1. The van der Waals surface area contributed by atoms with Crippen LogP contribution in [0.25, 0.3) is 0 Å². The second kappa shape index (κ2) is 3.62. The minimum atomic E-state index is 0.166. The first kappa shape index (κ1) is 8.95. The Hall–Kier alpha value is -0.630. The first-order valence-corrected chi connectivity index (χ1v) is 5.22. The van der Waals surface area contributed by atoms with Crippen LogP contribution in [0.4, 0.5) is 0 Å². The summed E-state index contributed by atoms with van der Waals surface area (Å²) in [6, 6.07) is 0.862. The number of carbonyl (C=O) groups is 1. The second-order valence-corrected chi connectivity index (χ2v) is 4.08. The van der Waals surface area contributed by atoms with Gasteiger partial charge in [0.25, 0.3) is 0 Å². The Bertz CT molecular complexity index is 224. The largest absolute Gasteiger partial charge is 0.298 e. The van der Waals surface area contributed by atoms with E-state index in [2.05, 4.69) is 11.5 Å². The predicted octanol–water partition coefficient (Wildman–Crippen LogP) is 1.76. The second-order valence-electron chi connectivity index (χ2n) is 4.08. The molecule has 72 valence electrons. The highest BCUT2D eigenvalue weighted by Gasteiger charge is 2.37. The molecule has 0 aliphatic carbocycles. The Morgan fingerprint density at radius 1 is 1.54 bits per heavy atom. The van der Waals surface area contributed by atoms with E-state index in [-0.39, 0.29) is 6.04 Å². The van der Waals surface area contributed by atoms with Gasteiger partial charge in [0.15, 0.2) is 0 Å². The van der Waals surface area contributed by atoms with E-state index in [1.165, 1.54) is 12.8 Å². The minimum absolute atomic E-state index is 0.166. The Kier molecular flexibility index (Phi) is 2.49. The lowest BCUT2D eigenvalue weighted by atomic mass is 9.93. The van der Waals surface area contributed by atoms with Crippen LogP contribution < -0.4 is 0 Å². The Labute approximate surface area is 79.6 Å². The molecule has 2 aliphatic rings. The van der Waals surface area contributed by atoms with Crippen LogP contribution in [0.15, 0.2) is 12.7 Å². The molecule has 2 aliphatic heterocycles. The number of fused-ring (bicyclic) bond motifs is 1. The van der Waals surface area contributed by atoms with E-state index in [0.717, 1.165) is 25.8 Å². The molecule has 0 N–H and O–H groups in total. The average molecular weight is 179 g/mol. The molecule has 0 amide bonds. The monoisotopic (exact) mass is 179 g/mol. The SMILES string of the molecule is C=CC[C@@H]1C(=O)CC[C@@H]2CCCN21. The fourth-order valence-corrected chi connectivity index (χ4v) is 2.66. The van der Waals surface area contributed by atoms with Crippen LogP contribution in [-0.4, -0.2) is 29.3 Å². The van der Waals surface area contributed by atoms with Crippen molar-refractivity contribution in [3.63, 3.8) is 0 Å². The molecule has 2 heterocycles. The first-order valence-electron chi connectivity index (χ1n) is 5.22. The third kappa shape index (κ3) is 1.55. The maximum absolute atomic E-state index is 11.6. The van der Waals surface area contributed by atoms with Crippen LogP contribution in [0, 0.1) is 0 Å². The highest BCUT2D eigenvalue weighted by molar-refractivity contribution is 5.85. The summed E-state index contributed by atoms with van der Waals surface area (Å²) in [6.45, 7) is 4.84. The van der Waals surface area contributed by atoms with Gasteiger partial charge in [-0.2, -0.15) is 0 Å². The van der Waals surface area contributed by atoms with Gasteiger partial charge in [0.1, 0.15) is 5.78 Å². The molecule has 2 rings (SSSR count). The summed E-state index contributed by atoms with van der Waals surface area (Å²) in [6.07, 6.45) is 7.16. The predicted molar refractivity (Wildman–Crippen MR) is 52.6 cm³/mol. The van der Waals surface area contributed by atoms with Crippen molar-refractivity contribution in [1.82, 2.24) is 4.90 Å². The highest BCUT2D eigenvalue weighted by atomic mass is 16.1. The molecule has 2 fully saturated rings. The van der Waals surface area contributed by atoms with E-state index in [4.69, 9.17) is 0 Å². The minimum Gasteiger partial charge on any atom is -0.298 e. The summed E-state index contributed by atoms with van der Waals surface area (Å²) in [5, 5.41) is 0. The van der Waals surface area contributed by atoms with Crippen LogP contribution in [0.5, 0.6) is 0 Å². The number of Topliss-reactive ketones (excluding diaryl/α,β-unsaturated/α-hetero) is 1. The summed E-state index contributed by atoms with van der Waals surface area (Å²) < 4.78 is 0. The Morgan fingerprint density at radius 3 is 3.15 bits per heavy atom. The number of rotatable bonds is 2. The Balaban J connectivity index is 2.10. The van der Waals surface area contributed by atoms with Gasteiger partial charge in [-0.1, -0.05) is 6.08 Å². The van der Waals surface area contributed by atoms with Gasteiger partial charge in [-0.25, -0.2) is 0 Å². The molecule has 0 aromatic heterocycles. The molecular weight excluding hydrogens is 162 g/mol. The van der Waals surface area contributed by atoms with Crippen LogP contribution >= 0.6 is 0 Å². The van der Waals surface area contributed by atoms with Crippen molar-refractivity contribution in [2.24, 2.45) is 0 Å². The van der Waals surface area contributed by atoms with Crippen LogP contribution in [0.2, 0.25) is 0 Å². The maximum atomic E-state index is 11.6. The lowest BCUT2D eigenvalue weighted by Crippen LogP contribution is -2.47. The van der Waals surface area contributed by atoms with E-state index in [0.29, 0.717) is 11.8 Å². The third-order valence-corrected chi connectivity index (χ3v) is 3.31. The summed E-state index contributed by atoms with van der Waals surface area (Å²) in [7, 11) is 0. The summed E-state index contributed by atoms with van der Waals surface area (Å²) >= 11 is 0. The molecule has 0 unspecified atom stereocenters. The highest BCUT2D eigenvalue weighted by Crippen LogP contribution is 2.30. The van der Waals surface area contributed by atoms with Crippen molar-refractivity contribution in [2.75, 3.05) is 6.54 Å². The lowest BCUT2D eigenvalue weighted by Gasteiger charge is -2.36. The number of carbonyl (C=O) groups excluding carboxylic acids is 1. The zero-order chi connectivity index (χ0) is 9.26. The van der Waals surface area contributed by atoms with E-state index in [1.807, 2.05) is 6.08 Å². The number of piperidine rings is 1. The van der Waals surface area contributed by atoms with Gasteiger partial charge >= 0.3 is 0 Å². The molecule has 2 heteroatoms. The number of ketones is 1. The molecule has 13 heavy (non-hydrogen) atoms. The molecule has 2 atom stereocenters. The molecular formula is C11H17NO. The summed E-state index contributed by atoms with van der Waals surface area (Å²) in [5.74, 6) is 0.429. The fourth-order valence-electron chi connectivity index (χ4n) is 2.66. The smallest absolute Gasteiger partial charge is 0.150 e. The maximum Gasteiger partial charge on any atom is 0.150 e. The third-order valence-electron chi connectivity index (χ3n) is 3.31. The lowest BCUT2D eigenvalue weighted by molar-refractivity contribution is -0.127. The molecule has 0 aromatic carbocycles. The van der Waals surface area contributed by atoms with Crippen LogP contribution in [0.1, 0.15) is 32.1 Å². The van der Waals surface area contributed by atoms with Gasteiger partial charge in [0.2, 0.25) is 0 Å². The van der Waals surface area contributed by atoms with Crippen molar-refractivity contribution in [3.05, 3.63) is 12.7 Å². The van der Waals surface area contributed by atoms with Crippen LogP contribution in [0.3, 0.4) is 0 Å². The van der Waals surface area contributed by atoms with Crippen molar-refractivity contribution in [3.8, 4) is 0 Å². The zero-order valence-corrected chi connectivity index (χ0v) is 8.04. The van der Waals surface area contributed by atoms with E-state index < -0.39 is 0 Å². The van der Waals surface area contributed by atoms with Crippen molar-refractivity contribution in [2.45, 2.75) is 44.2 Å². The van der Waals surface area contributed by atoms with Gasteiger partial charge < -0.3 is 0 Å². The van der Waals surface area contributed by atoms with Gasteiger partial charge in [-0.15, -0.1) is 6.58 Å². The molecule has 0 bridgehead atoms. The zero-order valence-electron chi connectivity index (χ0n) is 8.04. The van der Waals surface area contributed by atoms with Crippen LogP contribution in [-0.2, 0) is 4.79 Å². The summed E-state index contributed by atoms with van der Waals surface area (Å²) in [5.41, 5.74) is 0. The summed E-state index contributed by atoms with van der Waals surface area (Å²) in [4.78, 5) is 14.0. The fraction of sp³-hybridized carbons (Fsp3) is 0.727. The van der Waals surface area contributed by atoms with E-state index >= 15 is 0 Å². The number of nitrogens with zero attached hydrogens (tertiary/aromatic N) is 1. The quantitative estimate of drug-likeness (QED) is 0.602. The van der Waals surface area contributed by atoms with E-state index in [9.17, 15) is 4.79 Å².